The summed E-state index contributed by atoms with van der Waals surface area (Å²) in [6.07, 6.45) is 0.237. The molecular formula is C14H17BrN2O. The van der Waals surface area contributed by atoms with Crippen molar-refractivity contribution in [1.29, 1.82) is 0 Å². The zero-order valence-electron chi connectivity index (χ0n) is 10.8. The van der Waals surface area contributed by atoms with Crippen molar-refractivity contribution < 1.29 is 5.11 Å². The molecule has 18 heavy (non-hydrogen) atoms. The zero-order chi connectivity index (χ0) is 13.3. The molecule has 0 spiro atoms. The van der Waals surface area contributed by atoms with Crippen LogP contribution in [0.2, 0.25) is 0 Å². The molecule has 0 radical (unpaired) electrons. The lowest BCUT2D eigenvalue weighted by Gasteiger charge is -2.15. The van der Waals surface area contributed by atoms with Crippen molar-refractivity contribution >= 4 is 15.9 Å². The molecule has 1 N–H and O–H groups in total. The summed E-state index contributed by atoms with van der Waals surface area (Å²) < 4.78 is 2.90. The van der Waals surface area contributed by atoms with E-state index in [1.165, 1.54) is 0 Å². The largest absolute Gasteiger partial charge is 0.388 e. The van der Waals surface area contributed by atoms with Gasteiger partial charge in [-0.05, 0) is 42.3 Å². The summed E-state index contributed by atoms with van der Waals surface area (Å²) in [6, 6.07) is 7.85. The summed E-state index contributed by atoms with van der Waals surface area (Å²) in [5.74, 6) is 0. The summed E-state index contributed by atoms with van der Waals surface area (Å²) >= 11 is 3.53. The maximum absolute atomic E-state index is 10.1. The Kier molecular flexibility index (Phi) is 3.88. The quantitative estimate of drug-likeness (QED) is 0.939. The van der Waals surface area contributed by atoms with Gasteiger partial charge in [0.1, 0.15) is 0 Å². The van der Waals surface area contributed by atoms with Crippen LogP contribution in [-0.4, -0.2) is 14.9 Å². The molecule has 3 nitrogen and oxygen atoms in total. The molecule has 1 aromatic carbocycles. The molecule has 0 aliphatic heterocycles. The van der Waals surface area contributed by atoms with E-state index in [-0.39, 0.29) is 0 Å². The van der Waals surface area contributed by atoms with Crippen LogP contribution in [0, 0.1) is 13.8 Å². The Morgan fingerprint density at radius 3 is 2.56 bits per heavy atom. The molecule has 0 amide bonds. The number of aliphatic hydroxyl groups excluding tert-OH is 1. The van der Waals surface area contributed by atoms with Gasteiger partial charge < -0.3 is 5.11 Å². The highest BCUT2D eigenvalue weighted by Crippen LogP contribution is 2.28. The Morgan fingerprint density at radius 2 is 2.00 bits per heavy atom. The van der Waals surface area contributed by atoms with Crippen molar-refractivity contribution in [2.45, 2.75) is 33.3 Å². The van der Waals surface area contributed by atoms with E-state index in [9.17, 15) is 5.11 Å². The van der Waals surface area contributed by atoms with Crippen LogP contribution in [0.1, 0.15) is 36.4 Å². The third-order valence-electron chi connectivity index (χ3n) is 3.11. The first-order valence-electron chi connectivity index (χ1n) is 6.05. The number of benzene rings is 1. The molecule has 1 unspecified atom stereocenters. The van der Waals surface area contributed by atoms with E-state index >= 15 is 0 Å². The standard InChI is InChI=1S/C14H17BrN2O/c1-4-13(18)11-7-5-6-8-12(11)17-10(3)14(15)9(2)16-17/h5-8,13,18H,4H2,1-3H3. The fourth-order valence-electron chi connectivity index (χ4n) is 2.04. The number of aryl methyl sites for hydroxylation is 1. The molecule has 1 aromatic heterocycles. The van der Waals surface area contributed by atoms with E-state index in [0.717, 1.165) is 27.1 Å². The van der Waals surface area contributed by atoms with Gasteiger partial charge in [-0.1, -0.05) is 25.1 Å². The van der Waals surface area contributed by atoms with Gasteiger partial charge in [0.2, 0.25) is 0 Å². The first-order chi connectivity index (χ1) is 8.56. The van der Waals surface area contributed by atoms with Gasteiger partial charge in [-0.3, -0.25) is 0 Å². The van der Waals surface area contributed by atoms with Gasteiger partial charge in [0, 0.05) is 5.56 Å². The lowest BCUT2D eigenvalue weighted by atomic mass is 10.1. The van der Waals surface area contributed by atoms with Crippen LogP contribution in [0.3, 0.4) is 0 Å². The number of rotatable bonds is 3. The monoisotopic (exact) mass is 308 g/mol. The molecule has 0 bridgehead atoms. The minimum atomic E-state index is -0.455. The second-order valence-electron chi connectivity index (χ2n) is 4.38. The van der Waals surface area contributed by atoms with Gasteiger partial charge in [-0.2, -0.15) is 5.10 Å². The fourth-order valence-corrected chi connectivity index (χ4v) is 2.29. The van der Waals surface area contributed by atoms with E-state index in [1.807, 2.05) is 49.7 Å². The van der Waals surface area contributed by atoms with Gasteiger partial charge in [0.05, 0.1) is 27.7 Å². The summed E-state index contributed by atoms with van der Waals surface area (Å²) in [5.41, 5.74) is 3.85. The summed E-state index contributed by atoms with van der Waals surface area (Å²) in [5, 5.41) is 14.6. The second-order valence-corrected chi connectivity index (χ2v) is 5.17. The number of aliphatic hydroxyl groups is 1. The van der Waals surface area contributed by atoms with Crippen molar-refractivity contribution in [3.63, 3.8) is 0 Å². The Hall–Kier alpha value is -1.13. The molecule has 1 atom stereocenters. The molecule has 96 valence electrons. The average Bonchev–Trinajstić information content (AvgIpc) is 2.65. The molecule has 0 aliphatic rings. The highest BCUT2D eigenvalue weighted by atomic mass is 79.9. The highest BCUT2D eigenvalue weighted by molar-refractivity contribution is 9.10. The van der Waals surface area contributed by atoms with Gasteiger partial charge in [-0.15, -0.1) is 0 Å². The van der Waals surface area contributed by atoms with Crippen molar-refractivity contribution in [3.05, 3.63) is 45.7 Å². The maximum atomic E-state index is 10.1. The van der Waals surface area contributed by atoms with Crippen LogP contribution < -0.4 is 0 Å². The van der Waals surface area contributed by atoms with E-state index in [0.29, 0.717) is 6.42 Å². The molecule has 1 heterocycles. The number of hydrogen-bond acceptors (Lipinski definition) is 2. The van der Waals surface area contributed by atoms with Gasteiger partial charge >= 0.3 is 0 Å². The first kappa shape index (κ1) is 13.3. The lowest BCUT2D eigenvalue weighted by Crippen LogP contribution is -2.06. The Labute approximate surface area is 116 Å². The van der Waals surface area contributed by atoms with Crippen molar-refractivity contribution in [2.75, 3.05) is 0 Å². The molecule has 0 aliphatic carbocycles. The minimum absolute atomic E-state index is 0.455. The summed E-state index contributed by atoms with van der Waals surface area (Å²) in [7, 11) is 0. The fraction of sp³-hybridized carbons (Fsp3) is 0.357. The molecule has 0 saturated heterocycles. The molecule has 2 rings (SSSR count). The summed E-state index contributed by atoms with van der Waals surface area (Å²) in [6.45, 7) is 5.95. The number of halogens is 1. The molecule has 0 fully saturated rings. The van der Waals surface area contributed by atoms with Crippen molar-refractivity contribution in [1.82, 2.24) is 9.78 Å². The molecule has 0 saturated carbocycles. The number of hydrogen-bond donors (Lipinski definition) is 1. The van der Waals surface area contributed by atoms with E-state index in [1.54, 1.807) is 0 Å². The van der Waals surface area contributed by atoms with Crippen molar-refractivity contribution in [3.8, 4) is 5.69 Å². The van der Waals surface area contributed by atoms with Crippen LogP contribution in [0.15, 0.2) is 28.7 Å². The van der Waals surface area contributed by atoms with Gasteiger partial charge in [0.15, 0.2) is 0 Å². The minimum Gasteiger partial charge on any atom is -0.388 e. The van der Waals surface area contributed by atoms with Crippen LogP contribution in [0.25, 0.3) is 5.69 Å². The average molecular weight is 309 g/mol. The normalized spacial score (nSPS) is 12.7. The molecule has 4 heteroatoms. The van der Waals surface area contributed by atoms with Crippen LogP contribution in [-0.2, 0) is 0 Å². The number of nitrogens with zero attached hydrogens (tertiary/aromatic N) is 2. The van der Waals surface area contributed by atoms with Crippen LogP contribution in [0.5, 0.6) is 0 Å². The molecule has 2 aromatic rings. The Bertz CT molecular complexity index is 563. The third-order valence-corrected chi connectivity index (χ3v) is 4.26. The maximum Gasteiger partial charge on any atom is 0.0808 e. The first-order valence-corrected chi connectivity index (χ1v) is 6.84. The lowest BCUT2D eigenvalue weighted by molar-refractivity contribution is 0.173. The van der Waals surface area contributed by atoms with Crippen LogP contribution >= 0.6 is 15.9 Å². The predicted octanol–water partition coefficient (Wildman–Crippen LogP) is 3.70. The smallest absolute Gasteiger partial charge is 0.0808 e. The summed E-state index contributed by atoms with van der Waals surface area (Å²) in [4.78, 5) is 0. The van der Waals surface area contributed by atoms with Gasteiger partial charge in [-0.25, -0.2) is 4.68 Å². The van der Waals surface area contributed by atoms with Crippen LogP contribution in [0.4, 0.5) is 0 Å². The van der Waals surface area contributed by atoms with Gasteiger partial charge in [0.25, 0.3) is 0 Å². The van der Waals surface area contributed by atoms with E-state index in [2.05, 4.69) is 21.0 Å². The number of para-hydroxylation sites is 1. The Balaban J connectivity index is 2.60. The topological polar surface area (TPSA) is 38.0 Å². The van der Waals surface area contributed by atoms with E-state index < -0.39 is 6.10 Å². The third kappa shape index (κ3) is 2.22. The number of aromatic nitrogens is 2. The highest BCUT2D eigenvalue weighted by Gasteiger charge is 2.16. The zero-order valence-corrected chi connectivity index (χ0v) is 12.4. The Morgan fingerprint density at radius 1 is 1.33 bits per heavy atom. The van der Waals surface area contributed by atoms with E-state index in [4.69, 9.17) is 0 Å². The molecular weight excluding hydrogens is 292 g/mol. The van der Waals surface area contributed by atoms with Crippen molar-refractivity contribution in [2.24, 2.45) is 0 Å². The SMILES string of the molecule is CCC(O)c1ccccc1-n1nc(C)c(Br)c1C. The predicted molar refractivity (Wildman–Crippen MR) is 76.0 cm³/mol. The second kappa shape index (κ2) is 5.24.